The molecular formula is C16H20N2O2S2. The van der Waals surface area contributed by atoms with Crippen molar-refractivity contribution >= 4 is 34.9 Å². The predicted octanol–water partition coefficient (Wildman–Crippen LogP) is 2.69. The van der Waals surface area contributed by atoms with Crippen LogP contribution in [0.5, 0.6) is 0 Å². The van der Waals surface area contributed by atoms with Gasteiger partial charge in [-0.25, -0.2) is 0 Å². The zero-order valence-corrected chi connectivity index (χ0v) is 14.3. The molecule has 4 nitrogen and oxygen atoms in total. The van der Waals surface area contributed by atoms with Gasteiger partial charge in [0.05, 0.1) is 4.87 Å². The number of fused-ring (bicyclic) bond motifs is 1. The summed E-state index contributed by atoms with van der Waals surface area (Å²) >= 11 is 3.44. The highest BCUT2D eigenvalue weighted by Gasteiger charge is 2.54. The molecule has 118 valence electrons. The van der Waals surface area contributed by atoms with Crippen molar-refractivity contribution in [3.8, 4) is 0 Å². The molecule has 22 heavy (non-hydrogen) atoms. The largest absolute Gasteiger partial charge is 0.334 e. The third-order valence-corrected chi connectivity index (χ3v) is 7.17. The first kappa shape index (κ1) is 14.6. The van der Waals surface area contributed by atoms with Crippen LogP contribution in [0.3, 0.4) is 0 Å². The van der Waals surface area contributed by atoms with Crippen LogP contribution < -0.4 is 0 Å². The molecule has 0 aromatic carbocycles. The minimum atomic E-state index is -0.260. The van der Waals surface area contributed by atoms with Gasteiger partial charge in [0.2, 0.25) is 11.8 Å². The summed E-state index contributed by atoms with van der Waals surface area (Å²) in [6.07, 6.45) is 3.65. The Bertz CT molecular complexity index is 599. The summed E-state index contributed by atoms with van der Waals surface area (Å²) in [6.45, 7) is 2.79. The van der Waals surface area contributed by atoms with Crippen LogP contribution in [0.1, 0.15) is 38.2 Å². The highest BCUT2D eigenvalue weighted by atomic mass is 32.2. The van der Waals surface area contributed by atoms with Crippen molar-refractivity contribution in [3.63, 3.8) is 0 Å². The molecule has 4 rings (SSSR count). The molecular weight excluding hydrogens is 316 g/mol. The van der Waals surface area contributed by atoms with Crippen LogP contribution in [0.4, 0.5) is 0 Å². The van der Waals surface area contributed by atoms with Crippen LogP contribution in [0.25, 0.3) is 0 Å². The monoisotopic (exact) mass is 336 g/mol. The van der Waals surface area contributed by atoms with Gasteiger partial charge in [0.15, 0.2) is 0 Å². The Balaban J connectivity index is 1.55. The lowest BCUT2D eigenvalue weighted by atomic mass is 10.2. The van der Waals surface area contributed by atoms with Crippen LogP contribution >= 0.6 is 23.1 Å². The van der Waals surface area contributed by atoms with E-state index >= 15 is 0 Å². The molecule has 6 heteroatoms. The molecule has 2 atom stereocenters. The molecule has 0 spiro atoms. The standard InChI is InChI=1S/C16H20N2O2S2/c1-16-6-4-14(19)18(16)13(10-22-16)15(20)17(12-2-3-12)8-11-5-7-21-9-11/h5,7,9,12-13H,2-4,6,8,10H2,1H3/t13-,16+/m1/s1. The average Bonchev–Trinajstić information content (AvgIpc) is 2.96. The van der Waals surface area contributed by atoms with E-state index in [2.05, 4.69) is 23.8 Å². The van der Waals surface area contributed by atoms with Crippen molar-refractivity contribution in [2.75, 3.05) is 5.75 Å². The normalized spacial score (nSPS) is 30.7. The van der Waals surface area contributed by atoms with Crippen LogP contribution in [0.2, 0.25) is 0 Å². The highest BCUT2D eigenvalue weighted by Crippen LogP contribution is 2.48. The molecule has 2 aliphatic heterocycles. The smallest absolute Gasteiger partial charge is 0.246 e. The van der Waals surface area contributed by atoms with Gasteiger partial charge in [0.1, 0.15) is 6.04 Å². The molecule has 1 aromatic rings. The maximum atomic E-state index is 13.1. The number of thioether (sulfide) groups is 1. The zero-order valence-electron chi connectivity index (χ0n) is 12.7. The van der Waals surface area contributed by atoms with Gasteiger partial charge in [-0.05, 0) is 48.6 Å². The minimum Gasteiger partial charge on any atom is -0.334 e. The predicted molar refractivity (Wildman–Crippen MR) is 88.6 cm³/mol. The van der Waals surface area contributed by atoms with Crippen LogP contribution in [0, 0.1) is 0 Å². The zero-order chi connectivity index (χ0) is 15.3. The molecule has 2 saturated heterocycles. The number of rotatable bonds is 4. The van der Waals surface area contributed by atoms with Gasteiger partial charge in [-0.1, -0.05) is 0 Å². The lowest BCUT2D eigenvalue weighted by Crippen LogP contribution is -2.51. The molecule has 0 unspecified atom stereocenters. The molecule has 1 aromatic heterocycles. The Morgan fingerprint density at radius 3 is 3.00 bits per heavy atom. The quantitative estimate of drug-likeness (QED) is 0.849. The third kappa shape index (κ3) is 2.36. The highest BCUT2D eigenvalue weighted by molar-refractivity contribution is 8.01. The fraction of sp³-hybridized carbons (Fsp3) is 0.625. The Labute approximate surface area is 138 Å². The fourth-order valence-electron chi connectivity index (χ4n) is 3.55. The maximum absolute atomic E-state index is 13.1. The van der Waals surface area contributed by atoms with Crippen LogP contribution in [-0.4, -0.2) is 44.3 Å². The van der Waals surface area contributed by atoms with Crippen molar-refractivity contribution in [1.29, 1.82) is 0 Å². The molecule has 0 bridgehead atoms. The van der Waals surface area contributed by atoms with Gasteiger partial charge >= 0.3 is 0 Å². The summed E-state index contributed by atoms with van der Waals surface area (Å²) in [5, 5.41) is 4.16. The Morgan fingerprint density at radius 2 is 2.32 bits per heavy atom. The van der Waals surface area contributed by atoms with E-state index in [1.54, 1.807) is 23.1 Å². The minimum absolute atomic E-state index is 0.150. The first-order chi connectivity index (χ1) is 10.6. The lowest BCUT2D eigenvalue weighted by molar-refractivity contribution is -0.144. The van der Waals surface area contributed by atoms with Gasteiger partial charge < -0.3 is 9.80 Å². The third-order valence-electron chi connectivity index (χ3n) is 4.93. The Morgan fingerprint density at radius 1 is 1.50 bits per heavy atom. The van der Waals surface area contributed by atoms with E-state index in [0.29, 0.717) is 19.0 Å². The first-order valence-electron chi connectivity index (χ1n) is 7.86. The summed E-state index contributed by atoms with van der Waals surface area (Å²) in [5.41, 5.74) is 1.20. The summed E-state index contributed by atoms with van der Waals surface area (Å²) in [4.78, 5) is 29.1. The fourth-order valence-corrected chi connectivity index (χ4v) is 5.63. The van der Waals surface area contributed by atoms with Crippen molar-refractivity contribution in [1.82, 2.24) is 9.80 Å². The Hall–Kier alpha value is -1.01. The molecule has 3 aliphatic rings. The number of nitrogens with zero attached hydrogens (tertiary/aromatic N) is 2. The topological polar surface area (TPSA) is 40.6 Å². The summed E-state index contributed by atoms with van der Waals surface area (Å²) in [7, 11) is 0. The second kappa shape index (κ2) is 5.27. The molecule has 1 aliphatic carbocycles. The second-order valence-corrected chi connectivity index (χ2v) is 8.88. The number of hydrogen-bond donors (Lipinski definition) is 0. The first-order valence-corrected chi connectivity index (χ1v) is 9.79. The van der Waals surface area contributed by atoms with Crippen molar-refractivity contribution in [3.05, 3.63) is 22.4 Å². The van der Waals surface area contributed by atoms with Crippen molar-refractivity contribution in [2.45, 2.75) is 56.1 Å². The van der Waals surface area contributed by atoms with E-state index in [4.69, 9.17) is 0 Å². The van der Waals surface area contributed by atoms with Gasteiger partial charge in [0.25, 0.3) is 0 Å². The van der Waals surface area contributed by atoms with Gasteiger partial charge in [-0.2, -0.15) is 11.3 Å². The van der Waals surface area contributed by atoms with Gasteiger partial charge in [-0.3, -0.25) is 9.59 Å². The van der Waals surface area contributed by atoms with E-state index in [1.807, 2.05) is 9.80 Å². The molecule has 3 heterocycles. The lowest BCUT2D eigenvalue weighted by Gasteiger charge is -2.33. The van der Waals surface area contributed by atoms with Crippen molar-refractivity contribution in [2.24, 2.45) is 0 Å². The van der Waals surface area contributed by atoms with E-state index in [1.165, 1.54) is 5.56 Å². The summed E-state index contributed by atoms with van der Waals surface area (Å²) in [5.74, 6) is 1.05. The molecule has 0 N–H and O–H groups in total. The molecule has 0 radical (unpaired) electrons. The number of hydrogen-bond acceptors (Lipinski definition) is 4. The Kier molecular flexibility index (Phi) is 3.49. The van der Waals surface area contributed by atoms with E-state index in [0.717, 1.165) is 25.0 Å². The molecule has 1 saturated carbocycles. The summed E-state index contributed by atoms with van der Waals surface area (Å²) in [6, 6.07) is 2.20. The van der Waals surface area contributed by atoms with Crippen LogP contribution in [-0.2, 0) is 16.1 Å². The maximum Gasteiger partial charge on any atom is 0.246 e. The molecule has 2 amide bonds. The average molecular weight is 336 g/mol. The number of carbonyl (C=O) groups is 2. The van der Waals surface area contributed by atoms with Gasteiger partial charge in [-0.15, -0.1) is 11.8 Å². The number of amides is 2. The SMILES string of the molecule is C[C@]12CCC(=O)N1[C@@H](C(=O)N(Cc1ccsc1)C1CC1)CS2. The van der Waals surface area contributed by atoms with E-state index in [-0.39, 0.29) is 22.7 Å². The van der Waals surface area contributed by atoms with Gasteiger partial charge in [0, 0.05) is 24.8 Å². The van der Waals surface area contributed by atoms with E-state index < -0.39 is 0 Å². The number of carbonyl (C=O) groups excluding carboxylic acids is 2. The van der Waals surface area contributed by atoms with Crippen molar-refractivity contribution < 1.29 is 9.59 Å². The summed E-state index contributed by atoms with van der Waals surface area (Å²) < 4.78 is 0. The number of thiophene rings is 1. The van der Waals surface area contributed by atoms with Crippen LogP contribution in [0.15, 0.2) is 16.8 Å². The molecule has 3 fully saturated rings. The second-order valence-electron chi connectivity index (χ2n) is 6.59. The van der Waals surface area contributed by atoms with E-state index in [9.17, 15) is 9.59 Å².